The highest BCUT2D eigenvalue weighted by Crippen LogP contribution is 2.32. The lowest BCUT2D eigenvalue weighted by molar-refractivity contribution is -0.119. The summed E-state index contributed by atoms with van der Waals surface area (Å²) in [5.41, 5.74) is 1.83. The number of sulfonamides is 1. The Hall–Kier alpha value is -2.94. The van der Waals surface area contributed by atoms with Crippen LogP contribution in [0.4, 0.5) is 11.4 Å². The van der Waals surface area contributed by atoms with Gasteiger partial charge >= 0.3 is 0 Å². The van der Waals surface area contributed by atoms with Gasteiger partial charge in [-0.3, -0.25) is 9.69 Å². The highest BCUT2D eigenvalue weighted by atomic mass is 32.2. The first kappa shape index (κ1) is 23.2. The van der Waals surface area contributed by atoms with Gasteiger partial charge in [-0.1, -0.05) is 42.5 Å². The third-order valence-electron chi connectivity index (χ3n) is 6.17. The van der Waals surface area contributed by atoms with Gasteiger partial charge < -0.3 is 9.80 Å². The zero-order valence-electron chi connectivity index (χ0n) is 19.3. The van der Waals surface area contributed by atoms with Crippen molar-refractivity contribution in [1.82, 2.24) is 9.21 Å². The number of likely N-dealkylation sites (N-methyl/N-ethyl adjacent to an activating group) is 1. The van der Waals surface area contributed by atoms with Gasteiger partial charge in [0.2, 0.25) is 15.9 Å². The van der Waals surface area contributed by atoms with Gasteiger partial charge in [-0.15, -0.1) is 0 Å². The number of para-hydroxylation sites is 1. The molecule has 8 heteroatoms. The molecule has 0 unspecified atom stereocenters. The van der Waals surface area contributed by atoms with Gasteiger partial charge in [0, 0.05) is 69.5 Å². The molecule has 33 heavy (non-hydrogen) atoms. The molecule has 0 bridgehead atoms. The van der Waals surface area contributed by atoms with E-state index in [-0.39, 0.29) is 12.5 Å². The van der Waals surface area contributed by atoms with Crippen LogP contribution in [0.5, 0.6) is 0 Å². The number of nitrogens with zero attached hydrogens (tertiary/aromatic N) is 4. The first-order chi connectivity index (χ1) is 15.8. The van der Waals surface area contributed by atoms with Gasteiger partial charge in [0.15, 0.2) is 0 Å². The summed E-state index contributed by atoms with van der Waals surface area (Å²) >= 11 is 0. The quantitative estimate of drug-likeness (QED) is 0.559. The predicted molar refractivity (Wildman–Crippen MR) is 133 cm³/mol. The average molecular weight is 467 g/mol. The van der Waals surface area contributed by atoms with Gasteiger partial charge in [-0.2, -0.15) is 4.31 Å². The van der Waals surface area contributed by atoms with E-state index in [1.807, 2.05) is 78.5 Å². The molecule has 1 fully saturated rings. The summed E-state index contributed by atoms with van der Waals surface area (Å²) in [6, 6.07) is 20.7. The minimum absolute atomic E-state index is 0.0113. The normalized spacial score (nSPS) is 15.5. The third-order valence-corrected chi connectivity index (χ3v) is 8.12. The molecular formula is C25H30N4O3S. The van der Waals surface area contributed by atoms with Crippen LogP contribution >= 0.6 is 0 Å². The van der Waals surface area contributed by atoms with Crippen LogP contribution in [0.3, 0.4) is 0 Å². The van der Waals surface area contributed by atoms with E-state index in [1.54, 1.807) is 24.1 Å². The maximum absolute atomic E-state index is 13.5. The maximum Gasteiger partial charge on any atom is 0.243 e. The van der Waals surface area contributed by atoms with Crippen LogP contribution < -0.4 is 9.80 Å². The van der Waals surface area contributed by atoms with Gasteiger partial charge in [0.1, 0.15) is 0 Å². The first-order valence-corrected chi connectivity index (χ1v) is 12.5. The standard InChI is InChI=1S/C25H30N4O3S/c1-26(2)23-13-7-12-22-21(23)11-8-14-24(22)33(31,32)29-17-15-28(16-18-29)19-25(30)27(3)20-9-5-4-6-10-20/h4-14H,15-19H2,1-3H3. The minimum atomic E-state index is -3.65. The highest BCUT2D eigenvalue weighted by molar-refractivity contribution is 7.89. The van der Waals surface area contributed by atoms with Gasteiger partial charge in [-0.05, 0) is 24.3 Å². The molecule has 1 saturated heterocycles. The minimum Gasteiger partial charge on any atom is -0.377 e. The summed E-state index contributed by atoms with van der Waals surface area (Å²) in [6.45, 7) is 2.01. The number of fused-ring (bicyclic) bond motifs is 1. The molecule has 1 aliphatic heterocycles. The molecule has 1 amide bonds. The second-order valence-corrected chi connectivity index (χ2v) is 10.4. The Morgan fingerprint density at radius 3 is 2.12 bits per heavy atom. The molecule has 0 aromatic heterocycles. The third kappa shape index (κ3) is 4.73. The van der Waals surface area contributed by atoms with E-state index in [4.69, 9.17) is 0 Å². The van der Waals surface area contributed by atoms with E-state index >= 15 is 0 Å². The van der Waals surface area contributed by atoms with Crippen molar-refractivity contribution in [2.75, 3.05) is 63.7 Å². The van der Waals surface area contributed by atoms with Crippen molar-refractivity contribution in [3.8, 4) is 0 Å². The fraction of sp³-hybridized carbons (Fsp3) is 0.320. The van der Waals surface area contributed by atoms with Crippen LogP contribution in [0.1, 0.15) is 0 Å². The Morgan fingerprint density at radius 2 is 1.45 bits per heavy atom. The largest absolute Gasteiger partial charge is 0.377 e. The predicted octanol–water partition coefficient (Wildman–Crippen LogP) is 2.88. The van der Waals surface area contributed by atoms with Crippen molar-refractivity contribution in [3.63, 3.8) is 0 Å². The molecule has 3 aromatic rings. The lowest BCUT2D eigenvalue weighted by Gasteiger charge is -2.34. The average Bonchev–Trinajstić information content (AvgIpc) is 2.83. The number of benzene rings is 3. The number of piperazine rings is 1. The molecule has 0 aliphatic carbocycles. The van der Waals surface area contributed by atoms with Crippen molar-refractivity contribution in [2.45, 2.75) is 4.90 Å². The molecule has 4 rings (SSSR count). The molecule has 0 spiro atoms. The molecule has 1 aliphatic rings. The van der Waals surface area contributed by atoms with Crippen LogP contribution in [0.25, 0.3) is 10.8 Å². The number of carbonyl (C=O) groups excluding carboxylic acids is 1. The van der Waals surface area contributed by atoms with Crippen molar-refractivity contribution in [1.29, 1.82) is 0 Å². The molecule has 0 radical (unpaired) electrons. The SMILES string of the molecule is CN(C)c1cccc2c(S(=O)(=O)N3CCN(CC(=O)N(C)c4ccccc4)CC3)cccc12. The second kappa shape index (κ2) is 9.51. The van der Waals surface area contributed by atoms with Gasteiger partial charge in [0.25, 0.3) is 0 Å². The summed E-state index contributed by atoms with van der Waals surface area (Å²) < 4.78 is 28.6. The molecule has 1 heterocycles. The number of rotatable bonds is 6. The number of amides is 1. The molecule has 3 aromatic carbocycles. The number of hydrogen-bond donors (Lipinski definition) is 0. The molecule has 0 atom stereocenters. The van der Waals surface area contributed by atoms with E-state index in [0.717, 1.165) is 22.1 Å². The molecule has 0 saturated carbocycles. The number of carbonyl (C=O) groups is 1. The van der Waals surface area contributed by atoms with Crippen molar-refractivity contribution < 1.29 is 13.2 Å². The molecular weight excluding hydrogens is 436 g/mol. The van der Waals surface area contributed by atoms with E-state index in [1.165, 1.54) is 4.31 Å². The van der Waals surface area contributed by atoms with Gasteiger partial charge in [0.05, 0.1) is 11.4 Å². The van der Waals surface area contributed by atoms with Crippen molar-refractivity contribution in [2.24, 2.45) is 0 Å². The van der Waals surface area contributed by atoms with E-state index in [2.05, 4.69) is 0 Å². The van der Waals surface area contributed by atoms with Crippen molar-refractivity contribution >= 4 is 38.1 Å². The summed E-state index contributed by atoms with van der Waals surface area (Å²) in [6.07, 6.45) is 0. The number of hydrogen-bond acceptors (Lipinski definition) is 5. The fourth-order valence-corrected chi connectivity index (χ4v) is 5.87. The smallest absolute Gasteiger partial charge is 0.243 e. The monoisotopic (exact) mass is 466 g/mol. The summed E-state index contributed by atoms with van der Waals surface area (Å²) in [5, 5.41) is 1.64. The van der Waals surface area contributed by atoms with Crippen LogP contribution in [-0.4, -0.2) is 77.4 Å². The van der Waals surface area contributed by atoms with E-state index < -0.39 is 10.0 Å². The zero-order chi connectivity index (χ0) is 23.6. The maximum atomic E-state index is 13.5. The Labute approximate surface area is 195 Å². The highest BCUT2D eigenvalue weighted by Gasteiger charge is 2.31. The van der Waals surface area contributed by atoms with Gasteiger partial charge in [-0.25, -0.2) is 8.42 Å². The van der Waals surface area contributed by atoms with Crippen LogP contribution in [0.2, 0.25) is 0 Å². The van der Waals surface area contributed by atoms with Crippen molar-refractivity contribution in [3.05, 3.63) is 66.7 Å². The lowest BCUT2D eigenvalue weighted by Crippen LogP contribution is -2.51. The summed E-state index contributed by atoms with van der Waals surface area (Å²) in [5.74, 6) is -0.0113. The fourth-order valence-electron chi connectivity index (χ4n) is 4.24. The Kier molecular flexibility index (Phi) is 6.69. The topological polar surface area (TPSA) is 64.2 Å². The van der Waals surface area contributed by atoms with Crippen LogP contribution in [0.15, 0.2) is 71.6 Å². The number of anilines is 2. The first-order valence-electron chi connectivity index (χ1n) is 11.0. The second-order valence-electron chi connectivity index (χ2n) is 8.49. The molecule has 7 nitrogen and oxygen atoms in total. The molecule has 0 N–H and O–H groups in total. The van der Waals surface area contributed by atoms with Crippen LogP contribution in [0, 0.1) is 0 Å². The molecule has 174 valence electrons. The van der Waals surface area contributed by atoms with E-state index in [9.17, 15) is 13.2 Å². The Morgan fingerprint density at radius 1 is 0.818 bits per heavy atom. The zero-order valence-corrected chi connectivity index (χ0v) is 20.1. The van der Waals surface area contributed by atoms with Crippen LogP contribution in [-0.2, 0) is 14.8 Å². The lowest BCUT2D eigenvalue weighted by atomic mass is 10.1. The summed E-state index contributed by atoms with van der Waals surface area (Å²) in [4.78, 5) is 18.7. The Bertz CT molecular complexity index is 1240. The Balaban J connectivity index is 1.47. The van der Waals surface area contributed by atoms with E-state index in [0.29, 0.717) is 31.1 Å². The summed E-state index contributed by atoms with van der Waals surface area (Å²) in [7, 11) is 2.02.